The molecule has 1 aromatic heterocycles. The van der Waals surface area contributed by atoms with E-state index in [1.807, 2.05) is 17.7 Å². The first-order chi connectivity index (χ1) is 12.1. The van der Waals surface area contributed by atoms with Gasteiger partial charge in [-0.1, -0.05) is 36.7 Å². The minimum absolute atomic E-state index is 0.669. The molecule has 0 amide bonds. The molecule has 3 nitrogen and oxygen atoms in total. The molecule has 5 heteroatoms. The predicted molar refractivity (Wildman–Crippen MR) is 111 cm³/mol. The molecule has 0 saturated heterocycles. The molecular weight excluding hydrogens is 350 g/mol. The number of benzene rings is 1. The number of fused-ring (bicyclic) bond motifs is 1. The van der Waals surface area contributed by atoms with Crippen LogP contribution in [0, 0.1) is 6.92 Å². The minimum atomic E-state index is 0.669. The van der Waals surface area contributed by atoms with Crippen LogP contribution in [-0.2, 0) is 0 Å². The number of nitrogens with one attached hydrogen (secondary N) is 1. The molecule has 1 aromatic carbocycles. The van der Waals surface area contributed by atoms with E-state index in [2.05, 4.69) is 48.4 Å². The molecule has 25 heavy (non-hydrogen) atoms. The Labute approximate surface area is 159 Å². The van der Waals surface area contributed by atoms with E-state index in [-0.39, 0.29) is 0 Å². The molecule has 3 rings (SSSR count). The second kappa shape index (κ2) is 10.4. The second-order valence-electron chi connectivity index (χ2n) is 5.99. The average Bonchev–Trinajstić information content (AvgIpc) is 2.99. The fourth-order valence-electron chi connectivity index (χ4n) is 2.43. The van der Waals surface area contributed by atoms with Crippen molar-refractivity contribution in [1.82, 2.24) is 10.3 Å². The van der Waals surface area contributed by atoms with E-state index < -0.39 is 0 Å². The minimum Gasteiger partial charge on any atom is -0.398 e. The third kappa shape index (κ3) is 6.65. The highest BCUT2D eigenvalue weighted by Crippen LogP contribution is 2.19. The van der Waals surface area contributed by atoms with Crippen molar-refractivity contribution in [1.29, 1.82) is 0 Å². The zero-order valence-corrected chi connectivity index (χ0v) is 16.5. The van der Waals surface area contributed by atoms with Crippen LogP contribution in [0.25, 0.3) is 10.2 Å². The van der Waals surface area contributed by atoms with Crippen LogP contribution in [0.2, 0.25) is 0 Å². The summed E-state index contributed by atoms with van der Waals surface area (Å²) in [5.74, 6) is 0. The van der Waals surface area contributed by atoms with Gasteiger partial charge in [0.05, 0.1) is 26.5 Å². The molecule has 134 valence electrons. The van der Waals surface area contributed by atoms with Gasteiger partial charge in [0.2, 0.25) is 0 Å². The van der Waals surface area contributed by atoms with E-state index in [9.17, 15) is 0 Å². The van der Waals surface area contributed by atoms with Gasteiger partial charge in [-0.05, 0) is 68.6 Å². The molecule has 1 heterocycles. The third-order valence-corrected chi connectivity index (χ3v) is 4.96. The SMILES string of the molecule is CCCNCCC1=CCC=C(Cl)C(N)=C1.Cc1ccc2ncsc2c1. The van der Waals surface area contributed by atoms with Gasteiger partial charge in [0.15, 0.2) is 0 Å². The molecule has 3 N–H and O–H groups in total. The molecular formula is C20H26ClN3S. The maximum Gasteiger partial charge on any atom is 0.0812 e. The van der Waals surface area contributed by atoms with Gasteiger partial charge in [-0.3, -0.25) is 0 Å². The van der Waals surface area contributed by atoms with Crippen LogP contribution < -0.4 is 11.1 Å². The molecule has 0 atom stereocenters. The van der Waals surface area contributed by atoms with Crippen molar-refractivity contribution in [3.8, 4) is 0 Å². The number of aromatic nitrogens is 1. The van der Waals surface area contributed by atoms with Gasteiger partial charge in [0.25, 0.3) is 0 Å². The van der Waals surface area contributed by atoms with Crippen molar-refractivity contribution < 1.29 is 0 Å². The number of halogens is 1. The average molecular weight is 376 g/mol. The number of thiazole rings is 1. The highest BCUT2D eigenvalue weighted by Gasteiger charge is 2.03. The Hall–Kier alpha value is -1.62. The van der Waals surface area contributed by atoms with Crippen LogP contribution in [0.4, 0.5) is 0 Å². The summed E-state index contributed by atoms with van der Waals surface area (Å²) in [4.78, 5) is 4.18. The van der Waals surface area contributed by atoms with Gasteiger partial charge in [-0.25, -0.2) is 4.98 Å². The lowest BCUT2D eigenvalue weighted by atomic mass is 10.1. The van der Waals surface area contributed by atoms with Gasteiger partial charge in [0, 0.05) is 0 Å². The van der Waals surface area contributed by atoms with Crippen molar-refractivity contribution >= 4 is 33.2 Å². The number of nitrogens with two attached hydrogens (primary N) is 1. The Morgan fingerprint density at radius 2 is 2.12 bits per heavy atom. The second-order valence-corrected chi connectivity index (χ2v) is 7.28. The Kier molecular flexibility index (Phi) is 8.19. The third-order valence-electron chi connectivity index (χ3n) is 3.80. The number of nitrogens with zero attached hydrogens (tertiary/aromatic N) is 1. The first kappa shape index (κ1) is 19.7. The fourth-order valence-corrected chi connectivity index (χ4v) is 3.35. The van der Waals surface area contributed by atoms with Crippen molar-refractivity contribution in [2.24, 2.45) is 5.73 Å². The van der Waals surface area contributed by atoms with E-state index in [1.54, 1.807) is 11.3 Å². The van der Waals surface area contributed by atoms with Crippen LogP contribution in [-0.4, -0.2) is 18.1 Å². The lowest BCUT2D eigenvalue weighted by Gasteiger charge is -2.04. The maximum atomic E-state index is 5.94. The summed E-state index contributed by atoms with van der Waals surface area (Å²) in [5, 5.41) is 4.04. The van der Waals surface area contributed by atoms with Crippen LogP contribution in [0.15, 0.2) is 58.2 Å². The molecule has 2 aromatic rings. The van der Waals surface area contributed by atoms with Crippen LogP contribution in [0.1, 0.15) is 31.7 Å². The van der Waals surface area contributed by atoms with Crippen molar-refractivity contribution in [2.75, 3.05) is 13.1 Å². The van der Waals surface area contributed by atoms with E-state index in [4.69, 9.17) is 17.3 Å². The van der Waals surface area contributed by atoms with Crippen molar-refractivity contribution in [3.05, 3.63) is 63.8 Å². The normalized spacial score (nSPS) is 14.1. The standard InChI is InChI=1S/C12H19ClN2.C8H7NS/c1-2-7-15-8-6-10-4-3-5-11(13)12(14)9-10;1-6-2-3-7-8(4-6)10-5-9-7/h4-5,9,15H,2-3,6-8,14H2,1H3;2-5H,1H3. The number of hydrogen-bond donors (Lipinski definition) is 2. The molecule has 0 saturated carbocycles. The van der Waals surface area contributed by atoms with Crippen LogP contribution >= 0.6 is 22.9 Å². The highest BCUT2D eigenvalue weighted by atomic mass is 35.5. The summed E-state index contributed by atoms with van der Waals surface area (Å²) in [6.45, 7) is 6.34. The number of hydrogen-bond acceptors (Lipinski definition) is 4. The van der Waals surface area contributed by atoms with Crippen LogP contribution in [0.5, 0.6) is 0 Å². The summed E-state index contributed by atoms with van der Waals surface area (Å²) in [6.07, 6.45) is 9.15. The van der Waals surface area contributed by atoms with Gasteiger partial charge in [-0.2, -0.15) is 0 Å². The van der Waals surface area contributed by atoms with E-state index in [0.29, 0.717) is 10.7 Å². The Morgan fingerprint density at radius 3 is 2.92 bits per heavy atom. The molecule has 0 fully saturated rings. The summed E-state index contributed by atoms with van der Waals surface area (Å²) >= 11 is 7.63. The first-order valence-corrected chi connectivity index (χ1v) is 9.88. The largest absolute Gasteiger partial charge is 0.398 e. The van der Waals surface area contributed by atoms with Crippen LogP contribution in [0.3, 0.4) is 0 Å². The molecule has 0 spiro atoms. The molecule has 0 bridgehead atoms. The van der Waals surface area contributed by atoms with Crippen molar-refractivity contribution in [3.63, 3.8) is 0 Å². The molecule has 1 aliphatic carbocycles. The predicted octanol–water partition coefficient (Wildman–Crippen LogP) is 5.28. The molecule has 0 unspecified atom stereocenters. The lowest BCUT2D eigenvalue weighted by Crippen LogP contribution is -2.16. The Bertz CT molecular complexity index is 774. The quantitative estimate of drug-likeness (QED) is 0.699. The summed E-state index contributed by atoms with van der Waals surface area (Å²) in [5.41, 5.74) is 12.0. The molecule has 0 aliphatic heterocycles. The van der Waals surface area contributed by atoms with E-state index >= 15 is 0 Å². The van der Waals surface area contributed by atoms with E-state index in [0.717, 1.165) is 31.4 Å². The topological polar surface area (TPSA) is 50.9 Å². The van der Waals surface area contributed by atoms with Gasteiger partial charge < -0.3 is 11.1 Å². The zero-order valence-electron chi connectivity index (χ0n) is 14.9. The smallest absolute Gasteiger partial charge is 0.0812 e. The number of aryl methyl sites for hydroxylation is 1. The zero-order chi connectivity index (χ0) is 18.1. The Balaban J connectivity index is 0.000000194. The number of rotatable bonds is 5. The van der Waals surface area contributed by atoms with E-state index in [1.165, 1.54) is 22.3 Å². The highest BCUT2D eigenvalue weighted by molar-refractivity contribution is 7.16. The molecule has 1 aliphatic rings. The monoisotopic (exact) mass is 375 g/mol. The van der Waals surface area contributed by atoms with Gasteiger partial charge in [-0.15, -0.1) is 11.3 Å². The van der Waals surface area contributed by atoms with Crippen molar-refractivity contribution in [2.45, 2.75) is 33.1 Å². The summed E-state index contributed by atoms with van der Waals surface area (Å²) < 4.78 is 1.28. The maximum absolute atomic E-state index is 5.94. The number of allylic oxidation sites excluding steroid dienone is 4. The Morgan fingerprint density at radius 1 is 1.28 bits per heavy atom. The van der Waals surface area contributed by atoms with Gasteiger partial charge in [0.1, 0.15) is 0 Å². The summed E-state index contributed by atoms with van der Waals surface area (Å²) in [6, 6.07) is 6.30. The summed E-state index contributed by atoms with van der Waals surface area (Å²) in [7, 11) is 0. The van der Waals surface area contributed by atoms with Gasteiger partial charge >= 0.3 is 0 Å². The molecule has 0 radical (unpaired) electrons. The lowest BCUT2D eigenvalue weighted by molar-refractivity contribution is 0.672. The fraction of sp³-hybridized carbons (Fsp3) is 0.350. The first-order valence-electron chi connectivity index (χ1n) is 8.63.